The summed E-state index contributed by atoms with van der Waals surface area (Å²) in [6.45, 7) is 0.283. The maximum atomic E-state index is 14.5. The van der Waals surface area contributed by atoms with Gasteiger partial charge >= 0.3 is 0 Å². The number of rotatable bonds is 8. The molecule has 0 unspecified atom stereocenters. The van der Waals surface area contributed by atoms with Crippen LogP contribution in [0.4, 0.5) is 15.8 Å². The molecule has 2 amide bonds. The monoisotopic (exact) mass is 513 g/mol. The summed E-state index contributed by atoms with van der Waals surface area (Å²) in [5.74, 6) is -0.636. The topological polar surface area (TPSA) is 98.1 Å². The van der Waals surface area contributed by atoms with E-state index in [9.17, 15) is 14.0 Å². The molecule has 0 spiro atoms. The lowest BCUT2D eigenvalue weighted by molar-refractivity contribution is 0.102. The van der Waals surface area contributed by atoms with Crippen LogP contribution < -0.4 is 15.4 Å². The van der Waals surface area contributed by atoms with Crippen molar-refractivity contribution in [1.29, 1.82) is 0 Å². The molecular weight excluding hydrogens is 493 g/mol. The van der Waals surface area contributed by atoms with Crippen LogP contribution in [0.15, 0.2) is 97.6 Å². The van der Waals surface area contributed by atoms with Gasteiger partial charge < -0.3 is 15.4 Å². The number of hydrogen-bond acceptors (Lipinski definition) is 6. The average Bonchev–Trinajstić information content (AvgIpc) is 3.62. The molecule has 0 radical (unpaired) electrons. The molecule has 3 aromatic carbocycles. The minimum Gasteiger partial charge on any atom is -0.489 e. The molecule has 2 N–H and O–H groups in total. The molecule has 0 saturated carbocycles. The third-order valence-electron chi connectivity index (χ3n) is 5.33. The number of aromatic nitrogens is 3. The third kappa shape index (κ3) is 5.71. The number of carbonyl (C=O) groups excluding carboxylic acids is 2. The van der Waals surface area contributed by atoms with Gasteiger partial charge in [-0.1, -0.05) is 36.4 Å². The van der Waals surface area contributed by atoms with Crippen molar-refractivity contribution in [1.82, 2.24) is 14.8 Å². The molecule has 5 aromatic rings. The second-order valence-corrected chi connectivity index (χ2v) is 8.92. The molecule has 5 rings (SSSR count). The third-order valence-corrected chi connectivity index (χ3v) is 6.41. The molecule has 0 fully saturated rings. The van der Waals surface area contributed by atoms with Gasteiger partial charge in [0.25, 0.3) is 11.8 Å². The van der Waals surface area contributed by atoms with Crippen LogP contribution in [-0.2, 0) is 6.61 Å². The SMILES string of the molecule is O=C(Nc1ccc(-n2cncn2)c(F)c1)c1ccc(C(=O)Nc2ccccc2COc2ccccc2)s1. The lowest BCUT2D eigenvalue weighted by atomic mass is 10.2. The fourth-order valence-corrected chi connectivity index (χ4v) is 4.30. The quantitative estimate of drug-likeness (QED) is 0.283. The Kier molecular flexibility index (Phi) is 7.00. The Balaban J connectivity index is 1.23. The van der Waals surface area contributed by atoms with Gasteiger partial charge in [-0.25, -0.2) is 14.1 Å². The van der Waals surface area contributed by atoms with Gasteiger partial charge in [-0.2, -0.15) is 5.10 Å². The summed E-state index contributed by atoms with van der Waals surface area (Å²) in [7, 11) is 0. The van der Waals surface area contributed by atoms with E-state index < -0.39 is 11.7 Å². The summed E-state index contributed by atoms with van der Waals surface area (Å²) in [6.07, 6.45) is 2.68. The maximum Gasteiger partial charge on any atom is 0.265 e. The van der Waals surface area contributed by atoms with Crippen LogP contribution in [0.3, 0.4) is 0 Å². The van der Waals surface area contributed by atoms with Gasteiger partial charge in [0.1, 0.15) is 30.7 Å². The van der Waals surface area contributed by atoms with Crippen LogP contribution >= 0.6 is 11.3 Å². The molecular formula is C27H20FN5O3S. The van der Waals surface area contributed by atoms with Crippen LogP contribution in [0.1, 0.15) is 24.9 Å². The van der Waals surface area contributed by atoms with Crippen LogP contribution in [0.5, 0.6) is 5.75 Å². The van der Waals surface area contributed by atoms with Crippen molar-refractivity contribution in [3.05, 3.63) is 119 Å². The van der Waals surface area contributed by atoms with Crippen LogP contribution in [0.2, 0.25) is 0 Å². The number of nitrogens with one attached hydrogen (secondary N) is 2. The van der Waals surface area contributed by atoms with Crippen molar-refractivity contribution in [2.24, 2.45) is 0 Å². The number of hydrogen-bond donors (Lipinski definition) is 2. The van der Waals surface area contributed by atoms with E-state index in [1.165, 1.54) is 29.5 Å². The van der Waals surface area contributed by atoms with Gasteiger partial charge in [0.2, 0.25) is 0 Å². The fraction of sp³-hybridized carbons (Fsp3) is 0.0370. The van der Waals surface area contributed by atoms with Crippen LogP contribution in [-0.4, -0.2) is 26.6 Å². The summed E-state index contributed by atoms with van der Waals surface area (Å²) in [5, 5.41) is 9.44. The molecule has 0 aliphatic heterocycles. The van der Waals surface area contributed by atoms with Crippen molar-refractivity contribution >= 4 is 34.5 Å². The molecule has 0 aliphatic carbocycles. The van der Waals surface area contributed by atoms with E-state index in [-0.39, 0.29) is 23.9 Å². The Labute approximate surface area is 215 Å². The number of carbonyl (C=O) groups is 2. The molecule has 8 nitrogen and oxygen atoms in total. The van der Waals surface area contributed by atoms with E-state index in [4.69, 9.17) is 4.74 Å². The van der Waals surface area contributed by atoms with Crippen molar-refractivity contribution in [3.63, 3.8) is 0 Å². The lowest BCUT2D eigenvalue weighted by Gasteiger charge is -2.12. The van der Waals surface area contributed by atoms with Crippen molar-refractivity contribution in [2.45, 2.75) is 6.61 Å². The number of para-hydroxylation sites is 2. The van der Waals surface area contributed by atoms with Crippen molar-refractivity contribution in [3.8, 4) is 11.4 Å². The van der Waals surface area contributed by atoms with E-state index in [1.807, 2.05) is 48.5 Å². The second-order valence-electron chi connectivity index (χ2n) is 7.84. The second kappa shape index (κ2) is 10.8. The lowest BCUT2D eigenvalue weighted by Crippen LogP contribution is -2.13. The summed E-state index contributed by atoms with van der Waals surface area (Å²) in [5.41, 5.74) is 1.91. The molecule has 2 aromatic heterocycles. The molecule has 37 heavy (non-hydrogen) atoms. The fourth-order valence-electron chi connectivity index (χ4n) is 3.51. The molecule has 0 saturated heterocycles. The molecule has 2 heterocycles. The van der Waals surface area contributed by atoms with Crippen molar-refractivity contribution < 1.29 is 18.7 Å². The molecule has 0 bridgehead atoms. The highest BCUT2D eigenvalue weighted by Gasteiger charge is 2.16. The zero-order chi connectivity index (χ0) is 25.6. The number of anilines is 2. The largest absolute Gasteiger partial charge is 0.489 e. The highest BCUT2D eigenvalue weighted by molar-refractivity contribution is 7.16. The highest BCUT2D eigenvalue weighted by atomic mass is 32.1. The predicted octanol–water partition coefficient (Wildman–Crippen LogP) is 5.55. The van der Waals surface area contributed by atoms with Gasteiger partial charge in [-0.3, -0.25) is 9.59 Å². The molecule has 10 heteroatoms. The number of benzene rings is 3. The van der Waals surface area contributed by atoms with E-state index >= 15 is 0 Å². The molecule has 0 atom stereocenters. The average molecular weight is 514 g/mol. The first-order chi connectivity index (χ1) is 18.1. The summed E-state index contributed by atoms with van der Waals surface area (Å²) < 4.78 is 21.6. The van der Waals surface area contributed by atoms with Crippen molar-refractivity contribution in [2.75, 3.05) is 10.6 Å². The minimum absolute atomic E-state index is 0.208. The Hall–Kier alpha value is -4.83. The maximum absolute atomic E-state index is 14.5. The van der Waals surface area contributed by atoms with Gasteiger partial charge in [0.15, 0.2) is 5.82 Å². The Morgan fingerprint density at radius 3 is 2.35 bits per heavy atom. The Morgan fingerprint density at radius 2 is 1.62 bits per heavy atom. The van der Waals surface area contributed by atoms with E-state index in [0.29, 0.717) is 15.4 Å². The number of ether oxygens (including phenoxy) is 1. The van der Waals surface area contributed by atoms with Gasteiger partial charge in [-0.05, 0) is 48.5 Å². The zero-order valence-corrected chi connectivity index (χ0v) is 20.1. The van der Waals surface area contributed by atoms with Gasteiger partial charge in [0.05, 0.1) is 9.75 Å². The zero-order valence-electron chi connectivity index (χ0n) is 19.3. The first-order valence-corrected chi connectivity index (χ1v) is 12.0. The number of nitrogens with zero attached hydrogens (tertiary/aromatic N) is 3. The van der Waals surface area contributed by atoms with E-state index in [2.05, 4.69) is 20.7 Å². The molecule has 0 aliphatic rings. The first-order valence-electron chi connectivity index (χ1n) is 11.2. The normalized spacial score (nSPS) is 10.6. The highest BCUT2D eigenvalue weighted by Crippen LogP contribution is 2.24. The van der Waals surface area contributed by atoms with Crippen LogP contribution in [0.25, 0.3) is 5.69 Å². The van der Waals surface area contributed by atoms with E-state index in [1.54, 1.807) is 24.3 Å². The summed E-state index contributed by atoms with van der Waals surface area (Å²) >= 11 is 1.04. The van der Waals surface area contributed by atoms with Gasteiger partial charge in [-0.15, -0.1) is 11.3 Å². The summed E-state index contributed by atoms with van der Waals surface area (Å²) in [4.78, 5) is 30.1. The minimum atomic E-state index is -0.565. The van der Waals surface area contributed by atoms with Gasteiger partial charge in [0, 0.05) is 16.9 Å². The molecule has 184 valence electrons. The number of halogens is 1. The van der Waals surface area contributed by atoms with Crippen LogP contribution in [0, 0.1) is 5.82 Å². The predicted molar refractivity (Wildman–Crippen MR) is 139 cm³/mol. The first kappa shape index (κ1) is 23.9. The summed E-state index contributed by atoms with van der Waals surface area (Å²) in [6, 6.07) is 24.1. The Morgan fingerprint density at radius 1 is 0.892 bits per heavy atom. The Bertz CT molecular complexity index is 1540. The standard InChI is InChI=1S/C27H20FN5O3S/c28-21-14-19(10-11-23(21)33-17-29-16-30-33)31-26(34)24-12-13-25(37-24)27(35)32-22-9-5-4-6-18(22)15-36-20-7-2-1-3-8-20/h1-14,16-17H,15H2,(H,31,34)(H,32,35). The van der Waals surface area contributed by atoms with E-state index in [0.717, 1.165) is 22.6 Å². The number of amides is 2. The number of thiophene rings is 1. The smallest absolute Gasteiger partial charge is 0.265 e.